The van der Waals surface area contributed by atoms with E-state index >= 15 is 0 Å². The van der Waals surface area contributed by atoms with Gasteiger partial charge in [0, 0.05) is 5.56 Å². The number of aryl methyl sites for hydroxylation is 1. The van der Waals surface area contributed by atoms with Crippen LogP contribution in [0.25, 0.3) is 0 Å². The van der Waals surface area contributed by atoms with Crippen LogP contribution < -0.4 is 10.5 Å². The van der Waals surface area contributed by atoms with E-state index in [1.807, 2.05) is 18.2 Å². The summed E-state index contributed by atoms with van der Waals surface area (Å²) in [6.45, 7) is 3.11. The van der Waals surface area contributed by atoms with Crippen molar-refractivity contribution in [3.63, 3.8) is 0 Å². The third-order valence-electron chi connectivity index (χ3n) is 3.16. The third-order valence-corrected chi connectivity index (χ3v) is 3.16. The fourth-order valence-electron chi connectivity index (χ4n) is 1.97. The van der Waals surface area contributed by atoms with Crippen LogP contribution in [0.5, 0.6) is 5.75 Å². The van der Waals surface area contributed by atoms with Gasteiger partial charge in [-0.1, -0.05) is 25.5 Å². The molecule has 1 heterocycles. The highest BCUT2D eigenvalue weighted by atomic mass is 16.5. The number of unbranched alkanes of at least 4 members (excludes halogenated alkanes) is 1. The Hall–Kier alpha value is -1.74. The predicted molar refractivity (Wildman–Crippen MR) is 76.0 cm³/mol. The third kappa shape index (κ3) is 3.86. The van der Waals surface area contributed by atoms with E-state index in [4.69, 9.17) is 14.9 Å². The highest BCUT2D eigenvalue weighted by Crippen LogP contribution is 2.17. The molecule has 0 saturated heterocycles. The lowest BCUT2D eigenvalue weighted by molar-refractivity contribution is 0.302. The lowest BCUT2D eigenvalue weighted by Crippen LogP contribution is -2.01. The molecule has 1 aromatic carbocycles. The zero-order valence-corrected chi connectivity index (χ0v) is 11.4. The van der Waals surface area contributed by atoms with Crippen LogP contribution in [0.4, 0.5) is 0 Å². The van der Waals surface area contributed by atoms with Crippen LogP contribution in [0.15, 0.2) is 41.0 Å². The standard InChI is InChI=1S/C16H21NO2/c1-2-3-4-13-5-7-15(8-6-13)19-12-14-9-10-18-16(14)11-17/h5-10H,2-4,11-12,17H2,1H3. The second-order valence-electron chi connectivity index (χ2n) is 4.61. The van der Waals surface area contributed by atoms with Gasteiger partial charge in [-0.2, -0.15) is 0 Å². The number of benzene rings is 1. The van der Waals surface area contributed by atoms with Crippen LogP contribution in [0, 0.1) is 0 Å². The van der Waals surface area contributed by atoms with Crippen molar-refractivity contribution in [1.29, 1.82) is 0 Å². The second kappa shape index (κ2) is 7.00. The minimum absolute atomic E-state index is 0.404. The van der Waals surface area contributed by atoms with Crippen LogP contribution in [-0.4, -0.2) is 0 Å². The minimum Gasteiger partial charge on any atom is -0.489 e. The fraction of sp³-hybridized carbons (Fsp3) is 0.375. The molecule has 0 aliphatic heterocycles. The summed E-state index contributed by atoms with van der Waals surface area (Å²) in [7, 11) is 0. The normalized spacial score (nSPS) is 10.6. The lowest BCUT2D eigenvalue weighted by atomic mass is 10.1. The van der Waals surface area contributed by atoms with Crippen molar-refractivity contribution in [2.75, 3.05) is 0 Å². The monoisotopic (exact) mass is 259 g/mol. The largest absolute Gasteiger partial charge is 0.489 e. The maximum Gasteiger partial charge on any atom is 0.123 e. The Morgan fingerprint density at radius 2 is 1.95 bits per heavy atom. The Labute approximate surface area is 114 Å². The molecular weight excluding hydrogens is 238 g/mol. The molecule has 0 unspecified atom stereocenters. The molecule has 0 radical (unpaired) electrons. The van der Waals surface area contributed by atoms with Gasteiger partial charge in [-0.05, 0) is 36.6 Å². The van der Waals surface area contributed by atoms with Crippen LogP contribution in [0.1, 0.15) is 36.7 Å². The van der Waals surface area contributed by atoms with Crippen molar-refractivity contribution in [3.05, 3.63) is 53.5 Å². The smallest absolute Gasteiger partial charge is 0.123 e. The lowest BCUT2D eigenvalue weighted by Gasteiger charge is -2.07. The topological polar surface area (TPSA) is 48.4 Å². The highest BCUT2D eigenvalue weighted by Gasteiger charge is 2.05. The van der Waals surface area contributed by atoms with Crippen LogP contribution in [0.2, 0.25) is 0 Å². The molecule has 2 rings (SSSR count). The van der Waals surface area contributed by atoms with Crippen molar-refractivity contribution >= 4 is 0 Å². The molecule has 0 amide bonds. The highest BCUT2D eigenvalue weighted by molar-refractivity contribution is 5.28. The molecule has 0 aliphatic carbocycles. The summed E-state index contributed by atoms with van der Waals surface area (Å²) in [5.74, 6) is 1.67. The molecule has 0 atom stereocenters. The van der Waals surface area contributed by atoms with Gasteiger partial charge < -0.3 is 14.9 Å². The summed E-state index contributed by atoms with van der Waals surface area (Å²) in [6.07, 6.45) is 5.24. The first kappa shape index (κ1) is 13.7. The molecule has 0 bridgehead atoms. The number of rotatable bonds is 7. The van der Waals surface area contributed by atoms with Gasteiger partial charge in [0.1, 0.15) is 18.1 Å². The van der Waals surface area contributed by atoms with Crippen LogP contribution in [-0.2, 0) is 19.6 Å². The van der Waals surface area contributed by atoms with Crippen LogP contribution in [0.3, 0.4) is 0 Å². The fourth-order valence-corrected chi connectivity index (χ4v) is 1.97. The molecule has 2 N–H and O–H groups in total. The first-order chi connectivity index (χ1) is 9.33. The average Bonchev–Trinajstić information content (AvgIpc) is 2.91. The quantitative estimate of drug-likeness (QED) is 0.825. The van der Waals surface area contributed by atoms with Crippen molar-refractivity contribution in [1.82, 2.24) is 0 Å². The zero-order valence-electron chi connectivity index (χ0n) is 11.4. The number of nitrogens with two attached hydrogens (primary N) is 1. The number of hydrogen-bond acceptors (Lipinski definition) is 3. The SMILES string of the molecule is CCCCc1ccc(OCc2ccoc2CN)cc1. The molecular formula is C16H21NO2. The van der Waals surface area contributed by atoms with Crippen molar-refractivity contribution < 1.29 is 9.15 Å². The Morgan fingerprint density at radius 1 is 1.16 bits per heavy atom. The average molecular weight is 259 g/mol. The molecule has 0 fully saturated rings. The van der Waals surface area contributed by atoms with E-state index < -0.39 is 0 Å². The Balaban J connectivity index is 1.89. The second-order valence-corrected chi connectivity index (χ2v) is 4.61. The summed E-state index contributed by atoms with van der Waals surface area (Å²) in [5, 5.41) is 0. The molecule has 0 saturated carbocycles. The van der Waals surface area contributed by atoms with Gasteiger partial charge in [0.15, 0.2) is 0 Å². The van der Waals surface area contributed by atoms with E-state index in [0.717, 1.165) is 23.5 Å². The molecule has 102 valence electrons. The van der Waals surface area contributed by atoms with E-state index in [1.54, 1.807) is 6.26 Å². The zero-order chi connectivity index (χ0) is 13.5. The predicted octanol–water partition coefficient (Wildman–Crippen LogP) is 3.66. The molecule has 19 heavy (non-hydrogen) atoms. The summed E-state index contributed by atoms with van der Waals surface area (Å²) < 4.78 is 11.0. The van der Waals surface area contributed by atoms with E-state index in [-0.39, 0.29) is 0 Å². The number of ether oxygens (including phenoxy) is 1. The number of hydrogen-bond donors (Lipinski definition) is 1. The molecule has 1 aromatic heterocycles. The summed E-state index contributed by atoms with van der Waals surface area (Å²) in [5.41, 5.74) is 7.95. The van der Waals surface area contributed by atoms with Gasteiger partial charge in [-0.3, -0.25) is 0 Å². The number of furan rings is 1. The minimum atomic E-state index is 0.404. The van der Waals surface area contributed by atoms with E-state index in [9.17, 15) is 0 Å². The summed E-state index contributed by atoms with van der Waals surface area (Å²) in [6, 6.07) is 10.2. The van der Waals surface area contributed by atoms with Gasteiger partial charge >= 0.3 is 0 Å². The maximum absolute atomic E-state index is 5.74. The van der Waals surface area contributed by atoms with Crippen LogP contribution >= 0.6 is 0 Å². The summed E-state index contributed by atoms with van der Waals surface area (Å²) >= 11 is 0. The maximum atomic E-state index is 5.74. The van der Waals surface area contributed by atoms with E-state index in [0.29, 0.717) is 13.2 Å². The van der Waals surface area contributed by atoms with Gasteiger partial charge in [-0.15, -0.1) is 0 Å². The first-order valence-corrected chi connectivity index (χ1v) is 6.80. The molecule has 3 nitrogen and oxygen atoms in total. The van der Waals surface area contributed by atoms with Crippen molar-refractivity contribution in [2.45, 2.75) is 39.3 Å². The Kier molecular flexibility index (Phi) is 5.04. The Bertz CT molecular complexity index is 488. The Morgan fingerprint density at radius 3 is 2.63 bits per heavy atom. The van der Waals surface area contributed by atoms with Gasteiger partial charge in [0.05, 0.1) is 12.8 Å². The first-order valence-electron chi connectivity index (χ1n) is 6.80. The molecule has 2 aromatic rings. The molecule has 3 heteroatoms. The van der Waals surface area contributed by atoms with E-state index in [2.05, 4.69) is 19.1 Å². The van der Waals surface area contributed by atoms with E-state index in [1.165, 1.54) is 18.4 Å². The van der Waals surface area contributed by atoms with Gasteiger partial charge in [0.2, 0.25) is 0 Å². The molecule has 0 spiro atoms. The molecule has 0 aliphatic rings. The van der Waals surface area contributed by atoms with Crippen molar-refractivity contribution in [2.24, 2.45) is 5.73 Å². The van der Waals surface area contributed by atoms with Gasteiger partial charge in [-0.25, -0.2) is 0 Å². The van der Waals surface area contributed by atoms with Crippen molar-refractivity contribution in [3.8, 4) is 5.75 Å². The van der Waals surface area contributed by atoms with Gasteiger partial charge in [0.25, 0.3) is 0 Å². The summed E-state index contributed by atoms with van der Waals surface area (Å²) in [4.78, 5) is 0.